The lowest BCUT2D eigenvalue weighted by Gasteiger charge is -2.14. The summed E-state index contributed by atoms with van der Waals surface area (Å²) in [5.41, 5.74) is 1.33. The summed E-state index contributed by atoms with van der Waals surface area (Å²) in [5.74, 6) is 1.07. The number of amides is 3. The molecule has 0 saturated carbocycles. The number of benzene rings is 2. The van der Waals surface area contributed by atoms with Gasteiger partial charge in [0, 0.05) is 18.3 Å². The smallest absolute Gasteiger partial charge is 0.319 e. The van der Waals surface area contributed by atoms with Crippen molar-refractivity contribution in [2.45, 2.75) is 13.8 Å². The van der Waals surface area contributed by atoms with Gasteiger partial charge in [0.15, 0.2) is 11.5 Å². The van der Waals surface area contributed by atoms with Crippen LogP contribution >= 0.6 is 0 Å². The maximum Gasteiger partial charge on any atom is 0.319 e. The van der Waals surface area contributed by atoms with E-state index in [0.717, 1.165) is 0 Å². The Morgan fingerprint density at radius 3 is 2.33 bits per heavy atom. The van der Waals surface area contributed by atoms with Gasteiger partial charge in [0.2, 0.25) is 0 Å². The van der Waals surface area contributed by atoms with Crippen molar-refractivity contribution in [2.24, 2.45) is 5.92 Å². The van der Waals surface area contributed by atoms with Crippen LogP contribution in [0, 0.1) is 5.92 Å². The topological polar surface area (TPSA) is 88.7 Å². The number of carbonyl (C=O) groups is 2. The molecular formula is C20H25N3O4. The Labute approximate surface area is 159 Å². The predicted octanol–water partition coefficient (Wildman–Crippen LogP) is 3.73. The van der Waals surface area contributed by atoms with Gasteiger partial charge in [-0.1, -0.05) is 26.0 Å². The number of hydrogen-bond donors (Lipinski definition) is 3. The summed E-state index contributed by atoms with van der Waals surface area (Å²) in [6.07, 6.45) is 0. The molecule has 0 atom stereocenters. The molecule has 144 valence electrons. The van der Waals surface area contributed by atoms with Gasteiger partial charge in [-0.2, -0.15) is 0 Å². The fraction of sp³-hybridized carbons (Fsp3) is 0.300. The predicted molar refractivity (Wildman–Crippen MR) is 106 cm³/mol. The van der Waals surface area contributed by atoms with Gasteiger partial charge >= 0.3 is 6.03 Å². The van der Waals surface area contributed by atoms with Crippen LogP contribution in [0.25, 0.3) is 0 Å². The molecule has 2 aromatic rings. The quantitative estimate of drug-likeness (QED) is 0.692. The molecular weight excluding hydrogens is 346 g/mol. The molecule has 0 aromatic heterocycles. The number of anilines is 2. The van der Waals surface area contributed by atoms with E-state index in [9.17, 15) is 9.59 Å². The molecule has 0 bridgehead atoms. The highest BCUT2D eigenvalue weighted by Crippen LogP contribution is 2.30. The van der Waals surface area contributed by atoms with Gasteiger partial charge in [-0.15, -0.1) is 0 Å². The van der Waals surface area contributed by atoms with E-state index in [0.29, 0.717) is 40.9 Å². The number of para-hydroxylation sites is 1. The summed E-state index contributed by atoms with van der Waals surface area (Å²) >= 11 is 0. The van der Waals surface area contributed by atoms with Gasteiger partial charge in [0.1, 0.15) is 0 Å². The van der Waals surface area contributed by atoms with Crippen molar-refractivity contribution >= 4 is 23.3 Å². The van der Waals surface area contributed by atoms with Crippen molar-refractivity contribution in [3.05, 3.63) is 48.0 Å². The molecule has 0 aliphatic heterocycles. The first-order chi connectivity index (χ1) is 12.9. The van der Waals surface area contributed by atoms with E-state index in [1.54, 1.807) is 49.6 Å². The lowest BCUT2D eigenvalue weighted by molar-refractivity contribution is 0.102. The summed E-state index contributed by atoms with van der Waals surface area (Å²) in [7, 11) is 3.07. The maximum absolute atomic E-state index is 12.7. The van der Waals surface area contributed by atoms with E-state index in [2.05, 4.69) is 16.0 Å². The zero-order valence-corrected chi connectivity index (χ0v) is 16.0. The zero-order valence-electron chi connectivity index (χ0n) is 16.0. The van der Waals surface area contributed by atoms with Gasteiger partial charge in [-0.25, -0.2) is 4.79 Å². The first-order valence-electron chi connectivity index (χ1n) is 8.61. The van der Waals surface area contributed by atoms with Gasteiger partial charge < -0.3 is 25.4 Å². The molecule has 27 heavy (non-hydrogen) atoms. The molecule has 3 N–H and O–H groups in total. The zero-order chi connectivity index (χ0) is 19.8. The SMILES string of the molecule is COc1ccc(NC(=O)c2ccccc2NC(=O)NCC(C)C)cc1OC. The van der Waals surface area contributed by atoms with Crippen LogP contribution in [0.15, 0.2) is 42.5 Å². The van der Waals surface area contributed by atoms with E-state index in [-0.39, 0.29) is 11.9 Å². The van der Waals surface area contributed by atoms with Crippen LogP contribution in [-0.4, -0.2) is 32.7 Å². The van der Waals surface area contributed by atoms with Crippen molar-refractivity contribution < 1.29 is 19.1 Å². The summed E-state index contributed by atoms with van der Waals surface area (Å²) in [4.78, 5) is 24.7. The van der Waals surface area contributed by atoms with Crippen LogP contribution in [0.3, 0.4) is 0 Å². The number of nitrogens with one attached hydrogen (secondary N) is 3. The van der Waals surface area contributed by atoms with Crippen LogP contribution < -0.4 is 25.4 Å². The standard InChI is InChI=1S/C20H25N3O4/c1-13(2)12-21-20(25)23-16-8-6-5-7-15(16)19(24)22-14-9-10-17(26-3)18(11-14)27-4/h5-11,13H,12H2,1-4H3,(H,22,24)(H2,21,23,25). The van der Waals surface area contributed by atoms with Crippen LogP contribution in [-0.2, 0) is 0 Å². The van der Waals surface area contributed by atoms with E-state index >= 15 is 0 Å². The molecule has 2 rings (SSSR count). The van der Waals surface area contributed by atoms with Crippen LogP contribution in [0.1, 0.15) is 24.2 Å². The number of ether oxygens (including phenoxy) is 2. The highest BCUT2D eigenvalue weighted by Gasteiger charge is 2.14. The number of carbonyl (C=O) groups excluding carboxylic acids is 2. The molecule has 0 radical (unpaired) electrons. The Balaban J connectivity index is 2.14. The highest BCUT2D eigenvalue weighted by molar-refractivity contribution is 6.10. The summed E-state index contributed by atoms with van der Waals surface area (Å²) < 4.78 is 10.4. The lowest BCUT2D eigenvalue weighted by Crippen LogP contribution is -2.32. The van der Waals surface area contributed by atoms with Crippen molar-refractivity contribution in [1.82, 2.24) is 5.32 Å². The maximum atomic E-state index is 12.7. The van der Waals surface area contributed by atoms with E-state index in [4.69, 9.17) is 9.47 Å². The van der Waals surface area contributed by atoms with Crippen molar-refractivity contribution in [3.8, 4) is 11.5 Å². The monoisotopic (exact) mass is 371 g/mol. The number of methoxy groups -OCH3 is 2. The second kappa shape index (κ2) is 9.47. The number of rotatable bonds is 7. The van der Waals surface area contributed by atoms with Gasteiger partial charge in [0.05, 0.1) is 25.5 Å². The Morgan fingerprint density at radius 1 is 0.963 bits per heavy atom. The number of hydrogen-bond acceptors (Lipinski definition) is 4. The number of urea groups is 1. The fourth-order valence-corrected chi connectivity index (χ4v) is 2.37. The first-order valence-corrected chi connectivity index (χ1v) is 8.61. The largest absolute Gasteiger partial charge is 0.493 e. The second-order valence-corrected chi connectivity index (χ2v) is 6.30. The fourth-order valence-electron chi connectivity index (χ4n) is 2.37. The second-order valence-electron chi connectivity index (χ2n) is 6.30. The van der Waals surface area contributed by atoms with E-state index in [1.807, 2.05) is 13.8 Å². The highest BCUT2D eigenvalue weighted by atomic mass is 16.5. The molecule has 7 nitrogen and oxygen atoms in total. The minimum atomic E-state index is -0.352. The van der Waals surface area contributed by atoms with E-state index in [1.165, 1.54) is 7.11 Å². The van der Waals surface area contributed by atoms with Crippen LogP contribution in [0.5, 0.6) is 11.5 Å². The summed E-state index contributed by atoms with van der Waals surface area (Å²) in [6, 6.07) is 11.6. The molecule has 0 heterocycles. The molecule has 0 spiro atoms. The average molecular weight is 371 g/mol. The third-order valence-corrected chi connectivity index (χ3v) is 3.73. The molecule has 7 heteroatoms. The van der Waals surface area contributed by atoms with Crippen molar-refractivity contribution in [2.75, 3.05) is 31.4 Å². The molecule has 0 saturated heterocycles. The average Bonchev–Trinajstić information content (AvgIpc) is 2.66. The van der Waals surface area contributed by atoms with Gasteiger partial charge in [-0.3, -0.25) is 4.79 Å². The van der Waals surface area contributed by atoms with Crippen LogP contribution in [0.2, 0.25) is 0 Å². The van der Waals surface area contributed by atoms with Gasteiger partial charge in [-0.05, 0) is 30.2 Å². The van der Waals surface area contributed by atoms with Crippen molar-refractivity contribution in [3.63, 3.8) is 0 Å². The van der Waals surface area contributed by atoms with Crippen LogP contribution in [0.4, 0.5) is 16.2 Å². The van der Waals surface area contributed by atoms with Crippen molar-refractivity contribution in [1.29, 1.82) is 0 Å². The molecule has 0 aliphatic rings. The minimum absolute atomic E-state index is 0.333. The first kappa shape index (κ1) is 20.1. The van der Waals surface area contributed by atoms with E-state index < -0.39 is 0 Å². The molecule has 0 fully saturated rings. The third kappa shape index (κ3) is 5.64. The lowest BCUT2D eigenvalue weighted by atomic mass is 10.1. The molecule has 0 unspecified atom stereocenters. The summed E-state index contributed by atoms with van der Waals surface area (Å²) in [6.45, 7) is 4.56. The minimum Gasteiger partial charge on any atom is -0.493 e. The normalized spacial score (nSPS) is 10.3. The molecule has 0 aliphatic carbocycles. The Kier molecular flexibility index (Phi) is 7.05. The third-order valence-electron chi connectivity index (χ3n) is 3.73. The Morgan fingerprint density at radius 2 is 1.67 bits per heavy atom. The Bertz CT molecular complexity index is 806. The molecule has 3 amide bonds. The Hall–Kier alpha value is -3.22. The summed E-state index contributed by atoms with van der Waals surface area (Å²) in [5, 5.41) is 8.28. The van der Waals surface area contributed by atoms with Gasteiger partial charge in [0.25, 0.3) is 5.91 Å². The molecule has 2 aromatic carbocycles.